The van der Waals surface area contributed by atoms with E-state index in [-0.39, 0.29) is 5.92 Å². The van der Waals surface area contributed by atoms with E-state index in [4.69, 9.17) is 11.5 Å². The first kappa shape index (κ1) is 13.0. The minimum Gasteiger partial charge on any atom is -0.480 e. The van der Waals surface area contributed by atoms with Gasteiger partial charge in [-0.05, 0) is 25.3 Å². The molecule has 0 spiro atoms. The molecule has 80 valence electrons. The molecule has 0 aromatic heterocycles. The van der Waals surface area contributed by atoms with Crippen molar-refractivity contribution >= 4 is 5.97 Å². The molecule has 0 aliphatic heterocycles. The average molecular weight is 197 g/mol. The molecule has 0 aliphatic rings. The topological polar surface area (TPSA) is 49.3 Å². The first-order chi connectivity index (χ1) is 6.59. The number of unbranched alkanes of at least 4 members (excludes halogenated alkanes) is 2. The number of hydrogen-bond donors (Lipinski definition) is 2. The molecule has 0 bridgehead atoms. The summed E-state index contributed by atoms with van der Waals surface area (Å²) < 4.78 is 0. The first-order valence-electron chi connectivity index (χ1n) is 4.99. The second kappa shape index (κ2) is 7.40. The smallest absolute Gasteiger partial charge is 0.320 e. The van der Waals surface area contributed by atoms with Crippen molar-refractivity contribution in [1.29, 1.82) is 0 Å². The molecule has 0 aliphatic carbocycles. The van der Waals surface area contributed by atoms with Crippen LogP contribution >= 0.6 is 0 Å². The van der Waals surface area contributed by atoms with Gasteiger partial charge < -0.3 is 10.4 Å². The van der Waals surface area contributed by atoms with Crippen molar-refractivity contribution in [2.24, 2.45) is 5.92 Å². The average Bonchev–Trinajstić information content (AvgIpc) is 2.09. The molecule has 0 amide bonds. The molecule has 0 aromatic carbocycles. The molecule has 3 nitrogen and oxygen atoms in total. The maximum absolute atomic E-state index is 10.8. The van der Waals surface area contributed by atoms with Crippen LogP contribution in [-0.4, -0.2) is 23.7 Å². The summed E-state index contributed by atoms with van der Waals surface area (Å²) in [4.78, 5) is 10.8. The highest BCUT2D eigenvalue weighted by Gasteiger charge is 2.19. The van der Waals surface area contributed by atoms with E-state index in [0.29, 0.717) is 0 Å². The monoisotopic (exact) mass is 197 g/mol. The zero-order valence-electron chi connectivity index (χ0n) is 8.92. The summed E-state index contributed by atoms with van der Waals surface area (Å²) in [6.07, 6.45) is 7.75. The molecule has 0 saturated carbocycles. The molecule has 0 saturated heterocycles. The SMILES string of the molecule is C#CCCCCNC(C(=O)O)C(C)C. The summed E-state index contributed by atoms with van der Waals surface area (Å²) in [7, 11) is 0. The van der Waals surface area contributed by atoms with Crippen molar-refractivity contribution < 1.29 is 9.90 Å². The number of carbonyl (C=O) groups is 1. The van der Waals surface area contributed by atoms with Gasteiger partial charge in [0.15, 0.2) is 0 Å². The number of nitrogens with one attached hydrogen (secondary N) is 1. The normalized spacial score (nSPS) is 12.4. The Hall–Kier alpha value is -1.01. The maximum atomic E-state index is 10.8. The van der Waals surface area contributed by atoms with E-state index in [2.05, 4.69) is 11.2 Å². The zero-order chi connectivity index (χ0) is 11.0. The van der Waals surface area contributed by atoms with E-state index in [1.807, 2.05) is 13.8 Å². The largest absolute Gasteiger partial charge is 0.480 e. The quantitative estimate of drug-likeness (QED) is 0.480. The highest BCUT2D eigenvalue weighted by Crippen LogP contribution is 2.02. The third-order valence-electron chi connectivity index (χ3n) is 2.04. The molecule has 0 heterocycles. The van der Waals surface area contributed by atoms with Crippen LogP contribution in [0.5, 0.6) is 0 Å². The molecule has 0 radical (unpaired) electrons. The van der Waals surface area contributed by atoms with E-state index in [1.165, 1.54) is 0 Å². The number of carboxylic acid groups (broad SMARTS) is 1. The van der Waals surface area contributed by atoms with Gasteiger partial charge >= 0.3 is 5.97 Å². The van der Waals surface area contributed by atoms with Crippen LogP contribution < -0.4 is 5.32 Å². The minimum atomic E-state index is -0.781. The maximum Gasteiger partial charge on any atom is 0.320 e. The van der Waals surface area contributed by atoms with Crippen LogP contribution in [0.4, 0.5) is 0 Å². The molecule has 2 N–H and O–H groups in total. The zero-order valence-corrected chi connectivity index (χ0v) is 8.92. The van der Waals surface area contributed by atoms with Crippen LogP contribution in [0.15, 0.2) is 0 Å². The Bertz CT molecular complexity index is 206. The summed E-state index contributed by atoms with van der Waals surface area (Å²) >= 11 is 0. The summed E-state index contributed by atoms with van der Waals surface area (Å²) in [6, 6.07) is -0.444. The number of carboxylic acids is 1. The Morgan fingerprint density at radius 1 is 1.50 bits per heavy atom. The highest BCUT2D eigenvalue weighted by molar-refractivity contribution is 5.73. The van der Waals surface area contributed by atoms with Gasteiger partial charge in [-0.15, -0.1) is 12.3 Å². The standard InChI is InChI=1S/C11H19NO2/c1-4-5-6-7-8-12-10(9(2)3)11(13)14/h1,9-10,12H,5-8H2,2-3H3,(H,13,14). The summed E-state index contributed by atoms with van der Waals surface area (Å²) in [5.41, 5.74) is 0. The highest BCUT2D eigenvalue weighted by atomic mass is 16.4. The second-order valence-electron chi connectivity index (χ2n) is 3.68. The molecule has 0 aromatic rings. The van der Waals surface area contributed by atoms with Gasteiger partial charge in [-0.1, -0.05) is 13.8 Å². The number of rotatable bonds is 7. The van der Waals surface area contributed by atoms with E-state index in [1.54, 1.807) is 0 Å². The lowest BCUT2D eigenvalue weighted by Gasteiger charge is -2.17. The fourth-order valence-corrected chi connectivity index (χ4v) is 1.22. The summed E-state index contributed by atoms with van der Waals surface area (Å²) in [5, 5.41) is 11.9. The van der Waals surface area contributed by atoms with Crippen LogP contribution in [0, 0.1) is 18.3 Å². The van der Waals surface area contributed by atoms with Gasteiger partial charge in [0.05, 0.1) is 0 Å². The van der Waals surface area contributed by atoms with E-state index in [9.17, 15) is 4.79 Å². The van der Waals surface area contributed by atoms with Crippen molar-refractivity contribution in [3.8, 4) is 12.3 Å². The van der Waals surface area contributed by atoms with Crippen LogP contribution in [0.25, 0.3) is 0 Å². The van der Waals surface area contributed by atoms with Gasteiger partial charge in [0, 0.05) is 6.42 Å². The molecule has 0 fully saturated rings. The van der Waals surface area contributed by atoms with E-state index >= 15 is 0 Å². The van der Waals surface area contributed by atoms with Crippen molar-refractivity contribution in [2.45, 2.75) is 39.2 Å². The van der Waals surface area contributed by atoms with Crippen molar-refractivity contribution in [3.63, 3.8) is 0 Å². The molecular weight excluding hydrogens is 178 g/mol. The van der Waals surface area contributed by atoms with Gasteiger partial charge in [-0.25, -0.2) is 0 Å². The van der Waals surface area contributed by atoms with Gasteiger partial charge in [-0.3, -0.25) is 4.79 Å². The Morgan fingerprint density at radius 3 is 2.57 bits per heavy atom. The number of aliphatic carboxylic acids is 1. The molecular formula is C11H19NO2. The predicted octanol–water partition coefficient (Wildman–Crippen LogP) is 1.49. The fourth-order valence-electron chi connectivity index (χ4n) is 1.22. The van der Waals surface area contributed by atoms with Crippen molar-refractivity contribution in [3.05, 3.63) is 0 Å². The Kier molecular flexibility index (Phi) is 6.87. The summed E-state index contributed by atoms with van der Waals surface area (Å²) in [6.45, 7) is 4.51. The molecule has 3 heteroatoms. The van der Waals surface area contributed by atoms with E-state index in [0.717, 1.165) is 25.8 Å². The van der Waals surface area contributed by atoms with Crippen LogP contribution in [-0.2, 0) is 4.79 Å². The van der Waals surface area contributed by atoms with Gasteiger partial charge in [0.25, 0.3) is 0 Å². The summed E-state index contributed by atoms with van der Waals surface area (Å²) in [5.74, 6) is 1.89. The lowest BCUT2D eigenvalue weighted by Crippen LogP contribution is -2.41. The molecule has 1 unspecified atom stereocenters. The number of hydrogen-bond acceptors (Lipinski definition) is 2. The van der Waals surface area contributed by atoms with Crippen molar-refractivity contribution in [2.75, 3.05) is 6.54 Å². The van der Waals surface area contributed by atoms with Crippen LogP contribution in [0.1, 0.15) is 33.1 Å². The minimum absolute atomic E-state index is 0.111. The molecule has 14 heavy (non-hydrogen) atoms. The number of terminal acetylenes is 1. The lowest BCUT2D eigenvalue weighted by atomic mass is 10.0. The second-order valence-corrected chi connectivity index (χ2v) is 3.68. The third kappa shape index (κ3) is 5.60. The van der Waals surface area contributed by atoms with Gasteiger partial charge in [-0.2, -0.15) is 0 Å². The Labute approximate surface area is 85.9 Å². The fraction of sp³-hybridized carbons (Fsp3) is 0.727. The van der Waals surface area contributed by atoms with Crippen molar-refractivity contribution in [1.82, 2.24) is 5.32 Å². The first-order valence-corrected chi connectivity index (χ1v) is 4.99. The van der Waals surface area contributed by atoms with Crippen LogP contribution in [0.2, 0.25) is 0 Å². The lowest BCUT2D eigenvalue weighted by molar-refractivity contribution is -0.140. The Balaban J connectivity index is 3.63. The van der Waals surface area contributed by atoms with E-state index < -0.39 is 12.0 Å². The predicted molar refractivity (Wildman–Crippen MR) is 56.9 cm³/mol. The third-order valence-corrected chi connectivity index (χ3v) is 2.04. The van der Waals surface area contributed by atoms with Gasteiger partial charge in [0.2, 0.25) is 0 Å². The Morgan fingerprint density at radius 2 is 2.14 bits per heavy atom. The molecule has 0 rings (SSSR count). The van der Waals surface area contributed by atoms with Crippen LogP contribution in [0.3, 0.4) is 0 Å². The molecule has 1 atom stereocenters. The van der Waals surface area contributed by atoms with Gasteiger partial charge in [0.1, 0.15) is 6.04 Å².